The smallest absolute Gasteiger partial charge is 0.0492 e. The van der Waals surface area contributed by atoms with Crippen molar-refractivity contribution in [2.45, 2.75) is 38.8 Å². The van der Waals surface area contributed by atoms with Crippen molar-refractivity contribution in [2.24, 2.45) is 0 Å². The molecule has 2 aromatic rings. The zero-order chi connectivity index (χ0) is 12.5. The summed E-state index contributed by atoms with van der Waals surface area (Å²) in [4.78, 5) is 0. The van der Waals surface area contributed by atoms with Crippen LogP contribution in [0.3, 0.4) is 0 Å². The molecule has 3 nitrogen and oxygen atoms in total. The molecule has 0 aliphatic carbocycles. The summed E-state index contributed by atoms with van der Waals surface area (Å²) in [6, 6.07) is 11.3. The Morgan fingerprint density at radius 3 is 3.00 bits per heavy atom. The van der Waals surface area contributed by atoms with Gasteiger partial charge in [0.15, 0.2) is 0 Å². The summed E-state index contributed by atoms with van der Waals surface area (Å²) >= 11 is 0. The molecule has 2 atom stereocenters. The molecule has 94 valence electrons. The van der Waals surface area contributed by atoms with E-state index in [-0.39, 0.29) is 0 Å². The molecule has 0 bridgehead atoms. The minimum absolute atomic E-state index is 0.458. The fraction of sp³-hybridized carbons (Fsp3) is 0.400. The fourth-order valence-electron chi connectivity index (χ4n) is 2.92. The molecule has 1 aromatic carbocycles. The van der Waals surface area contributed by atoms with Crippen molar-refractivity contribution in [1.29, 1.82) is 0 Å². The molecular weight excluding hydrogens is 222 g/mol. The van der Waals surface area contributed by atoms with Crippen LogP contribution in [-0.4, -0.2) is 15.8 Å². The summed E-state index contributed by atoms with van der Waals surface area (Å²) in [5, 5.41) is 7.96. The van der Waals surface area contributed by atoms with Crippen molar-refractivity contribution < 1.29 is 0 Å². The zero-order valence-electron chi connectivity index (χ0n) is 10.9. The van der Waals surface area contributed by atoms with Crippen LogP contribution >= 0.6 is 0 Å². The maximum absolute atomic E-state index is 4.40. The Balaban J connectivity index is 2.07. The zero-order valence-corrected chi connectivity index (χ0v) is 10.9. The quantitative estimate of drug-likeness (QED) is 0.874. The number of aryl methyl sites for hydroxylation is 1. The third-order valence-electron chi connectivity index (χ3n) is 3.73. The van der Waals surface area contributed by atoms with Gasteiger partial charge < -0.3 is 5.32 Å². The van der Waals surface area contributed by atoms with Crippen LogP contribution in [0, 0.1) is 0 Å². The Bertz CT molecular complexity index is 544. The highest BCUT2D eigenvalue weighted by Gasteiger charge is 2.27. The number of nitrogens with zero attached hydrogens (tertiary/aromatic N) is 2. The Morgan fingerprint density at radius 2 is 2.17 bits per heavy atom. The number of anilines is 1. The van der Waals surface area contributed by atoms with E-state index in [0.29, 0.717) is 12.0 Å². The van der Waals surface area contributed by atoms with Crippen LogP contribution in [0.15, 0.2) is 36.5 Å². The lowest BCUT2D eigenvalue weighted by Gasteiger charge is -2.31. The van der Waals surface area contributed by atoms with Crippen LogP contribution in [0.2, 0.25) is 0 Å². The van der Waals surface area contributed by atoms with Gasteiger partial charge in [0.05, 0.1) is 0 Å². The third kappa shape index (κ3) is 1.80. The van der Waals surface area contributed by atoms with E-state index in [4.69, 9.17) is 0 Å². The number of para-hydroxylation sites is 1. The lowest BCUT2D eigenvalue weighted by molar-refractivity contribution is 0.544. The molecule has 2 heterocycles. The van der Waals surface area contributed by atoms with Crippen molar-refractivity contribution in [3.05, 3.63) is 47.8 Å². The Labute approximate surface area is 108 Å². The number of aromatic nitrogens is 2. The topological polar surface area (TPSA) is 29.9 Å². The second-order valence-corrected chi connectivity index (χ2v) is 4.99. The van der Waals surface area contributed by atoms with Gasteiger partial charge in [-0.05, 0) is 38.0 Å². The second kappa shape index (κ2) is 4.48. The van der Waals surface area contributed by atoms with Crippen molar-refractivity contribution in [3.63, 3.8) is 0 Å². The van der Waals surface area contributed by atoms with E-state index < -0.39 is 0 Å². The van der Waals surface area contributed by atoms with Gasteiger partial charge in [0.25, 0.3) is 0 Å². The molecule has 0 amide bonds. The number of nitrogens with one attached hydrogen (secondary N) is 1. The van der Waals surface area contributed by atoms with Gasteiger partial charge in [-0.2, -0.15) is 5.10 Å². The van der Waals surface area contributed by atoms with Gasteiger partial charge in [0.1, 0.15) is 0 Å². The standard InChI is InChI=1S/C15H19N3/c1-3-18-15(8-9-16-18)13-10-11(2)17-14-7-5-4-6-12(13)14/h4-9,11,13,17H,3,10H2,1-2H3. The first-order valence-electron chi connectivity index (χ1n) is 6.66. The third-order valence-corrected chi connectivity index (χ3v) is 3.73. The highest BCUT2D eigenvalue weighted by atomic mass is 15.3. The van der Waals surface area contributed by atoms with Gasteiger partial charge in [-0.25, -0.2) is 0 Å². The predicted molar refractivity (Wildman–Crippen MR) is 73.9 cm³/mol. The van der Waals surface area contributed by atoms with E-state index >= 15 is 0 Å². The lowest BCUT2D eigenvalue weighted by Crippen LogP contribution is -2.27. The minimum Gasteiger partial charge on any atom is -0.382 e. The van der Waals surface area contributed by atoms with Crippen LogP contribution in [0.1, 0.15) is 37.4 Å². The van der Waals surface area contributed by atoms with Crippen molar-refractivity contribution in [1.82, 2.24) is 9.78 Å². The predicted octanol–water partition coefficient (Wildman–Crippen LogP) is 3.24. The van der Waals surface area contributed by atoms with Crippen molar-refractivity contribution in [3.8, 4) is 0 Å². The van der Waals surface area contributed by atoms with E-state index in [2.05, 4.69) is 59.3 Å². The van der Waals surface area contributed by atoms with Gasteiger partial charge >= 0.3 is 0 Å². The summed E-state index contributed by atoms with van der Waals surface area (Å²) in [6.07, 6.45) is 3.04. The first-order valence-corrected chi connectivity index (χ1v) is 6.66. The molecule has 0 saturated carbocycles. The molecule has 0 fully saturated rings. The molecule has 18 heavy (non-hydrogen) atoms. The molecule has 1 N–H and O–H groups in total. The lowest BCUT2D eigenvalue weighted by atomic mass is 9.85. The number of fused-ring (bicyclic) bond motifs is 1. The molecule has 1 aliphatic rings. The first kappa shape index (κ1) is 11.3. The molecule has 0 radical (unpaired) electrons. The minimum atomic E-state index is 0.458. The Hall–Kier alpha value is -1.77. The van der Waals surface area contributed by atoms with Crippen LogP contribution < -0.4 is 5.32 Å². The van der Waals surface area contributed by atoms with Crippen molar-refractivity contribution in [2.75, 3.05) is 5.32 Å². The normalized spacial score (nSPS) is 22.3. The Kier molecular flexibility index (Phi) is 2.82. The molecule has 3 rings (SSSR count). The summed E-state index contributed by atoms with van der Waals surface area (Å²) in [6.45, 7) is 5.32. The van der Waals surface area contributed by atoms with E-state index in [9.17, 15) is 0 Å². The average Bonchev–Trinajstić information content (AvgIpc) is 2.85. The maximum atomic E-state index is 4.40. The number of hydrogen-bond acceptors (Lipinski definition) is 2. The van der Waals surface area contributed by atoms with Crippen molar-refractivity contribution >= 4 is 5.69 Å². The largest absolute Gasteiger partial charge is 0.382 e. The molecule has 3 heteroatoms. The van der Waals surface area contributed by atoms with Crippen LogP contribution in [0.25, 0.3) is 0 Å². The number of rotatable bonds is 2. The molecular formula is C15H19N3. The van der Waals surface area contributed by atoms with Crippen LogP contribution in [0.5, 0.6) is 0 Å². The molecule has 0 spiro atoms. The molecule has 1 aliphatic heterocycles. The number of hydrogen-bond donors (Lipinski definition) is 1. The molecule has 0 saturated heterocycles. The summed E-state index contributed by atoms with van der Waals surface area (Å²) in [7, 11) is 0. The fourth-order valence-corrected chi connectivity index (χ4v) is 2.92. The second-order valence-electron chi connectivity index (χ2n) is 4.99. The van der Waals surface area contributed by atoms with Crippen LogP contribution in [-0.2, 0) is 6.54 Å². The summed E-state index contributed by atoms with van der Waals surface area (Å²) in [5.41, 5.74) is 3.99. The van der Waals surface area contributed by atoms with Crippen LogP contribution in [0.4, 0.5) is 5.69 Å². The van der Waals surface area contributed by atoms with E-state index in [1.165, 1.54) is 16.9 Å². The highest BCUT2D eigenvalue weighted by molar-refractivity contribution is 5.57. The van der Waals surface area contributed by atoms with Gasteiger partial charge in [-0.3, -0.25) is 4.68 Å². The number of benzene rings is 1. The average molecular weight is 241 g/mol. The van der Waals surface area contributed by atoms with Gasteiger partial charge in [-0.15, -0.1) is 0 Å². The van der Waals surface area contributed by atoms with Gasteiger partial charge in [-0.1, -0.05) is 18.2 Å². The van der Waals surface area contributed by atoms with Gasteiger partial charge in [0.2, 0.25) is 0 Å². The summed E-state index contributed by atoms with van der Waals surface area (Å²) in [5.74, 6) is 0.458. The monoisotopic (exact) mass is 241 g/mol. The molecule has 2 unspecified atom stereocenters. The SMILES string of the molecule is CCn1nccc1C1CC(C)Nc2ccccc21. The van der Waals surface area contributed by atoms with E-state index in [1.54, 1.807) is 0 Å². The van der Waals surface area contributed by atoms with E-state index in [0.717, 1.165) is 13.0 Å². The first-order chi connectivity index (χ1) is 8.79. The maximum Gasteiger partial charge on any atom is 0.0492 e. The Morgan fingerprint density at radius 1 is 1.33 bits per heavy atom. The summed E-state index contributed by atoms with van der Waals surface area (Å²) < 4.78 is 2.11. The molecule has 1 aromatic heterocycles. The van der Waals surface area contributed by atoms with Gasteiger partial charge in [0, 0.05) is 36.1 Å². The highest BCUT2D eigenvalue weighted by Crippen LogP contribution is 2.38. The van der Waals surface area contributed by atoms with E-state index in [1.807, 2.05) is 6.20 Å².